The summed E-state index contributed by atoms with van der Waals surface area (Å²) in [6.45, 7) is 2.17. The Morgan fingerprint density at radius 1 is 1.40 bits per heavy atom. The van der Waals surface area contributed by atoms with Gasteiger partial charge >= 0.3 is 0 Å². The number of amides is 1. The Morgan fingerprint density at radius 2 is 2.24 bits per heavy atom. The van der Waals surface area contributed by atoms with Gasteiger partial charge in [-0.3, -0.25) is 20.0 Å². The van der Waals surface area contributed by atoms with Crippen molar-refractivity contribution in [3.63, 3.8) is 0 Å². The number of carbonyl (C=O) groups excluding carboxylic acids is 1. The van der Waals surface area contributed by atoms with Gasteiger partial charge in [-0.1, -0.05) is 6.07 Å². The number of aromatic amines is 1. The quantitative estimate of drug-likeness (QED) is 0.516. The van der Waals surface area contributed by atoms with Gasteiger partial charge in [0.25, 0.3) is 11.6 Å². The first kappa shape index (κ1) is 16.7. The van der Waals surface area contributed by atoms with Gasteiger partial charge in [-0.15, -0.1) is 11.3 Å². The molecular formula is C16H14N4O4S. The van der Waals surface area contributed by atoms with E-state index in [4.69, 9.17) is 4.74 Å². The number of hydrogen-bond donors (Lipinski definition) is 2. The smallest absolute Gasteiger partial charge is 0.296 e. The summed E-state index contributed by atoms with van der Waals surface area (Å²) >= 11 is 1.51. The third-order valence-corrected chi connectivity index (χ3v) is 4.23. The number of carbonyl (C=O) groups is 1. The summed E-state index contributed by atoms with van der Waals surface area (Å²) in [4.78, 5) is 23.9. The Hall–Kier alpha value is -3.20. The first-order chi connectivity index (χ1) is 12.1. The first-order valence-electron chi connectivity index (χ1n) is 7.40. The molecule has 25 heavy (non-hydrogen) atoms. The fourth-order valence-corrected chi connectivity index (χ4v) is 2.90. The molecule has 9 heteroatoms. The fraction of sp³-hybridized carbons (Fsp3) is 0.125. The molecule has 8 nitrogen and oxygen atoms in total. The van der Waals surface area contributed by atoms with E-state index in [1.165, 1.54) is 23.5 Å². The standard InChI is InChI=1S/C16H14N4O4S/c1-2-24-10-5-6-11(14(8-10)20(22)23)17-16(21)13-9-12(18-19-13)15-4-3-7-25-15/h3-9H,2H2,1H3,(H,17,21)(H,18,19). The van der Waals surface area contributed by atoms with Crippen molar-refractivity contribution in [2.24, 2.45) is 0 Å². The van der Waals surface area contributed by atoms with Crippen LogP contribution < -0.4 is 10.1 Å². The molecule has 1 aromatic carbocycles. The first-order valence-corrected chi connectivity index (χ1v) is 8.28. The Balaban J connectivity index is 1.82. The van der Waals surface area contributed by atoms with E-state index in [-0.39, 0.29) is 17.1 Å². The normalized spacial score (nSPS) is 10.4. The van der Waals surface area contributed by atoms with Crippen LogP contribution in [-0.4, -0.2) is 27.6 Å². The Morgan fingerprint density at radius 3 is 2.92 bits per heavy atom. The van der Waals surface area contributed by atoms with Gasteiger partial charge < -0.3 is 10.1 Å². The van der Waals surface area contributed by atoms with Crippen LogP contribution in [-0.2, 0) is 0 Å². The Bertz CT molecular complexity index is 905. The molecule has 0 radical (unpaired) electrons. The fourth-order valence-electron chi connectivity index (χ4n) is 2.21. The molecule has 2 N–H and O–H groups in total. The number of thiophene rings is 1. The van der Waals surface area contributed by atoms with Crippen molar-refractivity contribution >= 4 is 28.6 Å². The van der Waals surface area contributed by atoms with Crippen molar-refractivity contribution in [2.75, 3.05) is 11.9 Å². The lowest BCUT2D eigenvalue weighted by molar-refractivity contribution is -0.384. The molecule has 2 heterocycles. The number of nitrogens with zero attached hydrogens (tertiary/aromatic N) is 2. The number of nitro groups is 1. The summed E-state index contributed by atoms with van der Waals surface area (Å²) in [5.74, 6) is -0.168. The highest BCUT2D eigenvalue weighted by Crippen LogP contribution is 2.30. The molecular weight excluding hydrogens is 344 g/mol. The summed E-state index contributed by atoms with van der Waals surface area (Å²) in [6, 6.07) is 9.67. The SMILES string of the molecule is CCOc1ccc(NC(=O)c2cc(-c3cccs3)[nH]n2)c([N+](=O)[O-])c1. The molecule has 0 aliphatic rings. The molecule has 0 fully saturated rings. The van der Waals surface area contributed by atoms with Crippen molar-refractivity contribution in [1.82, 2.24) is 10.2 Å². The van der Waals surface area contributed by atoms with E-state index < -0.39 is 10.8 Å². The second-order valence-corrected chi connectivity index (χ2v) is 5.92. The van der Waals surface area contributed by atoms with Crippen LogP contribution in [0.15, 0.2) is 41.8 Å². The molecule has 128 valence electrons. The Labute approximate surface area is 146 Å². The molecule has 0 unspecified atom stereocenters. The predicted molar refractivity (Wildman–Crippen MR) is 94.1 cm³/mol. The highest BCUT2D eigenvalue weighted by Gasteiger charge is 2.19. The summed E-state index contributed by atoms with van der Waals surface area (Å²) < 4.78 is 5.25. The average molecular weight is 358 g/mol. The molecule has 0 spiro atoms. The summed E-state index contributed by atoms with van der Waals surface area (Å²) in [5, 5.41) is 22.4. The average Bonchev–Trinajstić information content (AvgIpc) is 3.27. The summed E-state index contributed by atoms with van der Waals surface area (Å²) in [5.41, 5.74) is 0.695. The number of H-pyrrole nitrogens is 1. The molecule has 0 saturated carbocycles. The van der Waals surface area contributed by atoms with E-state index in [0.717, 1.165) is 4.88 Å². The monoisotopic (exact) mass is 358 g/mol. The second kappa shape index (κ2) is 7.14. The molecule has 0 aliphatic carbocycles. The zero-order valence-electron chi connectivity index (χ0n) is 13.2. The van der Waals surface area contributed by atoms with E-state index in [2.05, 4.69) is 15.5 Å². The van der Waals surface area contributed by atoms with Crippen LogP contribution in [0.3, 0.4) is 0 Å². The van der Waals surface area contributed by atoms with Gasteiger partial charge in [0.2, 0.25) is 0 Å². The number of benzene rings is 1. The van der Waals surface area contributed by atoms with Gasteiger partial charge in [0.1, 0.15) is 11.4 Å². The maximum Gasteiger partial charge on any atom is 0.296 e. The van der Waals surface area contributed by atoms with E-state index in [1.54, 1.807) is 19.1 Å². The highest BCUT2D eigenvalue weighted by atomic mass is 32.1. The zero-order chi connectivity index (χ0) is 17.8. The number of hydrogen-bond acceptors (Lipinski definition) is 6. The highest BCUT2D eigenvalue weighted by molar-refractivity contribution is 7.13. The number of rotatable bonds is 6. The van der Waals surface area contributed by atoms with Crippen LogP contribution in [0.2, 0.25) is 0 Å². The van der Waals surface area contributed by atoms with Crippen LogP contribution in [0.25, 0.3) is 10.6 Å². The van der Waals surface area contributed by atoms with E-state index in [9.17, 15) is 14.9 Å². The van der Waals surface area contributed by atoms with Gasteiger partial charge in [-0.2, -0.15) is 5.10 Å². The number of aromatic nitrogens is 2. The molecule has 0 bridgehead atoms. The van der Waals surface area contributed by atoms with Crippen molar-refractivity contribution in [2.45, 2.75) is 6.92 Å². The van der Waals surface area contributed by atoms with Crippen LogP contribution in [0.4, 0.5) is 11.4 Å². The number of nitro benzene ring substituents is 1. The van der Waals surface area contributed by atoms with Gasteiger partial charge in [0.15, 0.2) is 5.69 Å². The molecule has 3 rings (SSSR count). The zero-order valence-corrected chi connectivity index (χ0v) is 14.0. The van der Waals surface area contributed by atoms with E-state index >= 15 is 0 Å². The lowest BCUT2D eigenvalue weighted by Gasteiger charge is -2.07. The molecule has 0 atom stereocenters. The van der Waals surface area contributed by atoms with Crippen LogP contribution >= 0.6 is 11.3 Å². The Kier molecular flexibility index (Phi) is 4.75. The van der Waals surface area contributed by atoms with Gasteiger partial charge in [0.05, 0.1) is 28.2 Å². The largest absolute Gasteiger partial charge is 0.494 e. The predicted octanol–water partition coefficient (Wildman–Crippen LogP) is 3.70. The van der Waals surface area contributed by atoms with Gasteiger partial charge in [-0.05, 0) is 36.6 Å². The van der Waals surface area contributed by atoms with Crippen LogP contribution in [0.1, 0.15) is 17.4 Å². The van der Waals surface area contributed by atoms with E-state index in [0.29, 0.717) is 18.1 Å². The summed E-state index contributed by atoms with van der Waals surface area (Å²) in [6.07, 6.45) is 0. The minimum Gasteiger partial charge on any atom is -0.494 e. The lowest BCUT2D eigenvalue weighted by atomic mass is 10.2. The second-order valence-electron chi connectivity index (χ2n) is 4.97. The minimum absolute atomic E-state index is 0.0825. The topological polar surface area (TPSA) is 110 Å². The number of anilines is 1. The number of nitrogens with one attached hydrogen (secondary N) is 2. The van der Waals surface area contributed by atoms with Crippen molar-refractivity contribution in [3.05, 3.63) is 57.6 Å². The number of ether oxygens (including phenoxy) is 1. The maximum atomic E-state index is 12.3. The van der Waals surface area contributed by atoms with Gasteiger partial charge in [-0.25, -0.2) is 0 Å². The third-order valence-electron chi connectivity index (χ3n) is 3.32. The van der Waals surface area contributed by atoms with Crippen LogP contribution in [0, 0.1) is 10.1 Å². The molecule has 0 saturated heterocycles. The van der Waals surface area contributed by atoms with Crippen molar-refractivity contribution in [1.29, 1.82) is 0 Å². The lowest BCUT2D eigenvalue weighted by Crippen LogP contribution is -2.13. The van der Waals surface area contributed by atoms with Gasteiger partial charge in [0, 0.05) is 0 Å². The summed E-state index contributed by atoms with van der Waals surface area (Å²) in [7, 11) is 0. The van der Waals surface area contributed by atoms with E-state index in [1.807, 2.05) is 17.5 Å². The van der Waals surface area contributed by atoms with Crippen LogP contribution in [0.5, 0.6) is 5.75 Å². The molecule has 0 aliphatic heterocycles. The minimum atomic E-state index is -0.570. The molecule has 3 aromatic rings. The third kappa shape index (κ3) is 3.66. The van der Waals surface area contributed by atoms with Crippen molar-refractivity contribution < 1.29 is 14.5 Å². The van der Waals surface area contributed by atoms with Crippen molar-refractivity contribution in [3.8, 4) is 16.3 Å². The molecule has 2 aromatic heterocycles. The molecule has 1 amide bonds. The maximum absolute atomic E-state index is 12.3.